The largest absolute Gasteiger partial charge is 0.299 e. The van der Waals surface area contributed by atoms with E-state index in [1.807, 2.05) is 35.2 Å². The van der Waals surface area contributed by atoms with Crippen molar-refractivity contribution < 1.29 is 4.79 Å². The van der Waals surface area contributed by atoms with Gasteiger partial charge >= 0.3 is 0 Å². The lowest BCUT2D eigenvalue weighted by Gasteiger charge is -2.46. The van der Waals surface area contributed by atoms with Crippen LogP contribution in [0.4, 0.5) is 5.69 Å². The molecule has 2 aliphatic heterocycles. The second kappa shape index (κ2) is 6.88. The third-order valence-electron chi connectivity index (χ3n) is 6.37. The van der Waals surface area contributed by atoms with E-state index in [1.165, 1.54) is 31.2 Å². The summed E-state index contributed by atoms with van der Waals surface area (Å²) in [6.45, 7) is 4.80. The highest BCUT2D eigenvalue weighted by molar-refractivity contribution is 5.91. The standard InChI is InChI=1S/C23H28N2O/c1-18(26)24(20-11-7-4-8-12-20)17-25-21-13-14-22(25)16-23(2,15-21)19-9-5-3-6-10-19/h3-12,21-22H,13-17H2,1-2H3. The van der Waals surface area contributed by atoms with Gasteiger partial charge in [0.15, 0.2) is 0 Å². The van der Waals surface area contributed by atoms with Crippen LogP contribution in [0.5, 0.6) is 0 Å². The van der Waals surface area contributed by atoms with Crippen molar-refractivity contribution in [3.05, 3.63) is 66.2 Å². The fourth-order valence-corrected chi connectivity index (χ4v) is 5.02. The van der Waals surface area contributed by atoms with Gasteiger partial charge in [0, 0.05) is 24.7 Å². The molecule has 0 aliphatic carbocycles. The highest BCUT2D eigenvalue weighted by atomic mass is 16.2. The summed E-state index contributed by atoms with van der Waals surface area (Å²) in [6.07, 6.45) is 4.84. The second-order valence-corrected chi connectivity index (χ2v) is 8.16. The van der Waals surface area contributed by atoms with Crippen molar-refractivity contribution in [1.82, 2.24) is 4.90 Å². The van der Waals surface area contributed by atoms with Crippen LogP contribution >= 0.6 is 0 Å². The van der Waals surface area contributed by atoms with Crippen LogP contribution in [0.25, 0.3) is 0 Å². The van der Waals surface area contributed by atoms with Gasteiger partial charge in [-0.1, -0.05) is 55.5 Å². The Labute approximate surface area is 156 Å². The van der Waals surface area contributed by atoms with Crippen LogP contribution in [-0.4, -0.2) is 29.6 Å². The molecule has 0 saturated carbocycles. The van der Waals surface area contributed by atoms with Crippen molar-refractivity contribution >= 4 is 11.6 Å². The minimum Gasteiger partial charge on any atom is -0.299 e. The number of hydrogen-bond donors (Lipinski definition) is 0. The van der Waals surface area contributed by atoms with E-state index in [0.717, 1.165) is 5.69 Å². The van der Waals surface area contributed by atoms with Gasteiger partial charge in [-0.05, 0) is 48.8 Å². The number of rotatable bonds is 4. The molecular formula is C23H28N2O. The molecule has 0 N–H and O–H groups in total. The molecule has 3 nitrogen and oxygen atoms in total. The lowest BCUT2D eigenvalue weighted by molar-refractivity contribution is -0.117. The number of nitrogens with zero attached hydrogens (tertiary/aromatic N) is 2. The summed E-state index contributed by atoms with van der Waals surface area (Å²) in [4.78, 5) is 16.8. The van der Waals surface area contributed by atoms with Gasteiger partial charge in [0.25, 0.3) is 0 Å². The summed E-state index contributed by atoms with van der Waals surface area (Å²) >= 11 is 0. The van der Waals surface area contributed by atoms with Crippen molar-refractivity contribution in [1.29, 1.82) is 0 Å². The Morgan fingerprint density at radius 1 is 1.00 bits per heavy atom. The molecule has 0 aromatic heterocycles. The predicted molar refractivity (Wildman–Crippen MR) is 106 cm³/mol. The molecule has 3 heteroatoms. The van der Waals surface area contributed by atoms with E-state index in [0.29, 0.717) is 18.8 Å². The van der Waals surface area contributed by atoms with Gasteiger partial charge in [0.1, 0.15) is 0 Å². The molecule has 2 heterocycles. The molecular weight excluding hydrogens is 320 g/mol. The summed E-state index contributed by atoms with van der Waals surface area (Å²) in [6, 6.07) is 22.1. The van der Waals surface area contributed by atoms with Gasteiger partial charge in [-0.2, -0.15) is 0 Å². The monoisotopic (exact) mass is 348 g/mol. The highest BCUT2D eigenvalue weighted by Crippen LogP contribution is 2.47. The Kier molecular flexibility index (Phi) is 4.58. The summed E-state index contributed by atoms with van der Waals surface area (Å²) in [5.41, 5.74) is 2.70. The molecule has 2 bridgehead atoms. The van der Waals surface area contributed by atoms with Crippen molar-refractivity contribution in [3.63, 3.8) is 0 Å². The van der Waals surface area contributed by atoms with Gasteiger partial charge in [0.05, 0.1) is 6.67 Å². The Balaban J connectivity index is 1.54. The molecule has 2 unspecified atom stereocenters. The maximum absolute atomic E-state index is 12.3. The van der Waals surface area contributed by atoms with E-state index in [9.17, 15) is 4.79 Å². The van der Waals surface area contributed by atoms with Crippen molar-refractivity contribution in [3.8, 4) is 0 Å². The average molecular weight is 348 g/mol. The Morgan fingerprint density at radius 3 is 2.08 bits per heavy atom. The van der Waals surface area contributed by atoms with Crippen molar-refractivity contribution in [2.45, 2.75) is 57.0 Å². The Hall–Kier alpha value is -2.13. The molecule has 0 radical (unpaired) electrons. The summed E-state index contributed by atoms with van der Waals surface area (Å²) in [7, 11) is 0. The van der Waals surface area contributed by atoms with E-state index in [2.05, 4.69) is 42.2 Å². The first kappa shape index (κ1) is 17.3. The molecule has 2 aliphatic rings. The van der Waals surface area contributed by atoms with Gasteiger partial charge in [-0.15, -0.1) is 0 Å². The second-order valence-electron chi connectivity index (χ2n) is 8.16. The first-order valence-corrected chi connectivity index (χ1v) is 9.71. The molecule has 26 heavy (non-hydrogen) atoms. The number of anilines is 1. The molecule has 2 aromatic rings. The number of hydrogen-bond acceptors (Lipinski definition) is 2. The fourth-order valence-electron chi connectivity index (χ4n) is 5.02. The molecule has 2 fully saturated rings. The van der Waals surface area contributed by atoms with Crippen LogP contribution in [0.2, 0.25) is 0 Å². The van der Waals surface area contributed by atoms with Crippen molar-refractivity contribution in [2.75, 3.05) is 11.6 Å². The maximum atomic E-state index is 12.3. The molecule has 4 rings (SSSR count). The quantitative estimate of drug-likeness (QED) is 0.807. The van der Waals surface area contributed by atoms with Gasteiger partial charge < -0.3 is 0 Å². The van der Waals surface area contributed by atoms with Crippen LogP contribution in [0.15, 0.2) is 60.7 Å². The summed E-state index contributed by atoms with van der Waals surface area (Å²) < 4.78 is 0. The third kappa shape index (κ3) is 3.16. The predicted octanol–water partition coefficient (Wildman–Crippen LogP) is 4.58. The number of carbonyl (C=O) groups is 1. The molecule has 2 aromatic carbocycles. The zero-order chi connectivity index (χ0) is 18.1. The van der Waals surface area contributed by atoms with Crippen LogP contribution in [-0.2, 0) is 10.2 Å². The smallest absolute Gasteiger partial charge is 0.224 e. The number of para-hydroxylation sites is 1. The molecule has 136 valence electrons. The van der Waals surface area contributed by atoms with Gasteiger partial charge in [0.2, 0.25) is 5.91 Å². The number of benzene rings is 2. The molecule has 1 amide bonds. The first-order valence-electron chi connectivity index (χ1n) is 9.71. The summed E-state index contributed by atoms with van der Waals surface area (Å²) in [5, 5.41) is 0. The molecule has 0 spiro atoms. The fraction of sp³-hybridized carbons (Fsp3) is 0.435. The maximum Gasteiger partial charge on any atom is 0.224 e. The lowest BCUT2D eigenvalue weighted by Crippen LogP contribution is -2.53. The van der Waals surface area contributed by atoms with E-state index >= 15 is 0 Å². The highest BCUT2D eigenvalue weighted by Gasteiger charge is 2.47. The number of fused-ring (bicyclic) bond motifs is 2. The van der Waals surface area contributed by atoms with E-state index in [-0.39, 0.29) is 11.3 Å². The van der Waals surface area contributed by atoms with E-state index < -0.39 is 0 Å². The van der Waals surface area contributed by atoms with Crippen molar-refractivity contribution in [2.24, 2.45) is 0 Å². The van der Waals surface area contributed by atoms with Crippen LogP contribution < -0.4 is 4.90 Å². The van der Waals surface area contributed by atoms with Gasteiger partial charge in [-0.25, -0.2) is 0 Å². The summed E-state index contributed by atoms with van der Waals surface area (Å²) in [5.74, 6) is 0.118. The van der Waals surface area contributed by atoms with E-state index in [4.69, 9.17) is 0 Å². The average Bonchev–Trinajstić information content (AvgIpc) is 2.90. The Morgan fingerprint density at radius 2 is 1.54 bits per heavy atom. The zero-order valence-corrected chi connectivity index (χ0v) is 15.8. The number of amides is 1. The van der Waals surface area contributed by atoms with E-state index in [1.54, 1.807) is 6.92 Å². The minimum absolute atomic E-state index is 0.118. The SMILES string of the molecule is CC(=O)N(CN1C2CCC1CC(C)(c1ccccc1)C2)c1ccccc1. The zero-order valence-electron chi connectivity index (χ0n) is 15.8. The van der Waals surface area contributed by atoms with Crippen LogP contribution in [0, 0.1) is 0 Å². The topological polar surface area (TPSA) is 23.6 Å². The normalized spacial score (nSPS) is 28.1. The molecule has 2 saturated heterocycles. The minimum atomic E-state index is 0.118. The van der Waals surface area contributed by atoms with Crippen LogP contribution in [0.1, 0.15) is 45.1 Å². The number of piperidine rings is 1. The Bertz CT molecular complexity index is 744. The number of carbonyl (C=O) groups excluding carboxylic acids is 1. The first-order chi connectivity index (χ1) is 12.6. The molecule has 2 atom stereocenters. The lowest BCUT2D eigenvalue weighted by atomic mass is 9.71. The third-order valence-corrected chi connectivity index (χ3v) is 6.37. The van der Waals surface area contributed by atoms with Crippen LogP contribution in [0.3, 0.4) is 0 Å². The van der Waals surface area contributed by atoms with Gasteiger partial charge in [-0.3, -0.25) is 14.6 Å².